The van der Waals surface area contributed by atoms with Crippen LogP contribution < -0.4 is 11.0 Å². The summed E-state index contributed by atoms with van der Waals surface area (Å²) < 4.78 is 3.14. The minimum absolute atomic E-state index is 0.0945. The Bertz CT molecular complexity index is 1080. The van der Waals surface area contributed by atoms with Gasteiger partial charge in [0.15, 0.2) is 0 Å². The van der Waals surface area contributed by atoms with Crippen LogP contribution in [0.2, 0.25) is 0 Å². The summed E-state index contributed by atoms with van der Waals surface area (Å²) in [6.45, 7) is 6.48. The molecule has 116 valence electrons. The van der Waals surface area contributed by atoms with Crippen LogP contribution in [0.5, 0.6) is 0 Å². The highest BCUT2D eigenvalue weighted by Crippen LogP contribution is 2.12. The van der Waals surface area contributed by atoms with Crippen LogP contribution in [0.15, 0.2) is 29.2 Å². The Hall–Kier alpha value is -2.94. The summed E-state index contributed by atoms with van der Waals surface area (Å²) in [7, 11) is 0. The summed E-state index contributed by atoms with van der Waals surface area (Å²) in [5.74, 6) is 0.263. The van der Waals surface area contributed by atoms with Crippen molar-refractivity contribution in [3.63, 3.8) is 0 Å². The van der Waals surface area contributed by atoms with Gasteiger partial charge in [-0.05, 0) is 30.5 Å². The zero-order valence-electron chi connectivity index (χ0n) is 13.3. The van der Waals surface area contributed by atoms with Gasteiger partial charge in [-0.2, -0.15) is 5.26 Å². The third-order valence-electron chi connectivity index (χ3n) is 3.72. The van der Waals surface area contributed by atoms with Gasteiger partial charge in [0, 0.05) is 12.7 Å². The van der Waals surface area contributed by atoms with Crippen molar-refractivity contribution in [1.29, 1.82) is 10.7 Å². The molecule has 0 unspecified atom stereocenters. The van der Waals surface area contributed by atoms with E-state index in [-0.39, 0.29) is 22.5 Å². The lowest BCUT2D eigenvalue weighted by Crippen LogP contribution is -2.29. The van der Waals surface area contributed by atoms with Gasteiger partial charge >= 0.3 is 0 Å². The maximum Gasteiger partial charge on any atom is 0.267 e. The largest absolute Gasteiger partial charge is 0.309 e. The van der Waals surface area contributed by atoms with Crippen LogP contribution in [0, 0.1) is 29.6 Å². The van der Waals surface area contributed by atoms with Gasteiger partial charge in [0.2, 0.25) is 0 Å². The summed E-state index contributed by atoms with van der Waals surface area (Å²) in [4.78, 5) is 17.4. The second kappa shape index (κ2) is 5.36. The van der Waals surface area contributed by atoms with Crippen LogP contribution in [0.4, 0.5) is 0 Å². The summed E-state index contributed by atoms with van der Waals surface area (Å²) in [6.07, 6.45) is 1.73. The molecule has 0 aromatic carbocycles. The predicted molar refractivity (Wildman–Crippen MR) is 87.1 cm³/mol. The van der Waals surface area contributed by atoms with Gasteiger partial charge in [-0.3, -0.25) is 14.6 Å². The third kappa shape index (κ3) is 2.40. The van der Waals surface area contributed by atoms with Crippen molar-refractivity contribution in [3.05, 3.63) is 51.4 Å². The monoisotopic (exact) mass is 307 g/mol. The molecule has 6 nitrogen and oxygen atoms in total. The van der Waals surface area contributed by atoms with E-state index in [1.165, 1.54) is 10.5 Å². The van der Waals surface area contributed by atoms with Gasteiger partial charge in [-0.15, -0.1) is 0 Å². The second-order valence-electron chi connectivity index (χ2n) is 6.11. The lowest BCUT2D eigenvalue weighted by Gasteiger charge is -2.14. The molecule has 0 amide bonds. The van der Waals surface area contributed by atoms with Crippen molar-refractivity contribution < 1.29 is 0 Å². The molecule has 0 aliphatic rings. The van der Waals surface area contributed by atoms with Crippen LogP contribution >= 0.6 is 0 Å². The molecule has 0 aliphatic heterocycles. The predicted octanol–water partition coefficient (Wildman–Crippen LogP) is 1.96. The number of hydrogen-bond donors (Lipinski definition) is 1. The summed E-state index contributed by atoms with van der Waals surface area (Å²) in [6, 6.07) is 7.16. The van der Waals surface area contributed by atoms with E-state index >= 15 is 0 Å². The van der Waals surface area contributed by atoms with E-state index in [4.69, 9.17) is 5.41 Å². The van der Waals surface area contributed by atoms with E-state index in [1.807, 2.05) is 32.9 Å². The van der Waals surface area contributed by atoms with Crippen LogP contribution in [0.3, 0.4) is 0 Å². The quantitative estimate of drug-likeness (QED) is 0.734. The molecular formula is C17H17N5O. The number of rotatable bonds is 2. The third-order valence-corrected chi connectivity index (χ3v) is 3.72. The van der Waals surface area contributed by atoms with Crippen molar-refractivity contribution in [2.75, 3.05) is 0 Å². The molecule has 0 saturated carbocycles. The highest BCUT2D eigenvalue weighted by Gasteiger charge is 2.14. The van der Waals surface area contributed by atoms with Crippen LogP contribution in [-0.4, -0.2) is 14.0 Å². The Labute approximate surface area is 132 Å². The summed E-state index contributed by atoms with van der Waals surface area (Å²) in [5.41, 5.74) is 2.00. The SMILES string of the molecule is Cc1ccc2nc3c(cc(C#N)c(=N)n3CC(C)C)c(=O)n2c1. The molecule has 6 heteroatoms. The molecule has 3 heterocycles. The normalized spacial score (nSPS) is 11.3. The van der Waals surface area contributed by atoms with E-state index < -0.39 is 0 Å². The number of nitriles is 1. The van der Waals surface area contributed by atoms with Gasteiger partial charge in [0.05, 0.1) is 10.9 Å². The number of aromatic nitrogens is 3. The first-order valence-corrected chi connectivity index (χ1v) is 7.43. The minimum atomic E-state index is -0.220. The maximum absolute atomic E-state index is 12.8. The van der Waals surface area contributed by atoms with Crippen molar-refractivity contribution in [2.45, 2.75) is 27.3 Å². The molecule has 23 heavy (non-hydrogen) atoms. The van der Waals surface area contributed by atoms with E-state index in [1.54, 1.807) is 16.8 Å². The van der Waals surface area contributed by atoms with Gasteiger partial charge in [-0.1, -0.05) is 19.9 Å². The average Bonchev–Trinajstić information content (AvgIpc) is 2.51. The van der Waals surface area contributed by atoms with Crippen molar-refractivity contribution >= 4 is 16.7 Å². The average molecular weight is 307 g/mol. The van der Waals surface area contributed by atoms with Crippen molar-refractivity contribution in [1.82, 2.24) is 14.0 Å². The molecule has 0 saturated heterocycles. The molecule has 3 rings (SSSR count). The number of pyridine rings is 2. The molecule has 0 spiro atoms. The van der Waals surface area contributed by atoms with Gasteiger partial charge in [0.1, 0.15) is 22.9 Å². The summed E-state index contributed by atoms with van der Waals surface area (Å²) >= 11 is 0. The molecule has 0 radical (unpaired) electrons. The maximum atomic E-state index is 12.8. The fourth-order valence-electron chi connectivity index (χ4n) is 2.67. The number of nitrogens with zero attached hydrogens (tertiary/aromatic N) is 4. The Morgan fingerprint density at radius 3 is 2.78 bits per heavy atom. The van der Waals surface area contributed by atoms with E-state index in [9.17, 15) is 10.1 Å². The molecule has 0 atom stereocenters. The Morgan fingerprint density at radius 1 is 1.39 bits per heavy atom. The molecule has 3 aromatic rings. The van der Waals surface area contributed by atoms with Crippen molar-refractivity contribution in [3.8, 4) is 6.07 Å². The first kappa shape index (κ1) is 15.0. The zero-order chi connectivity index (χ0) is 16.7. The molecular weight excluding hydrogens is 290 g/mol. The van der Waals surface area contributed by atoms with Crippen LogP contribution in [0.25, 0.3) is 16.7 Å². The van der Waals surface area contributed by atoms with E-state index in [0.29, 0.717) is 23.2 Å². The molecule has 0 fully saturated rings. The zero-order valence-corrected chi connectivity index (χ0v) is 13.3. The fraction of sp³-hybridized carbons (Fsp3) is 0.294. The standard InChI is InChI=1S/C17H17N5O/c1-10(2)8-22-15(19)12(7-18)6-13-16(22)20-14-5-4-11(3)9-21(14)17(13)23/h4-6,9-10,19H,8H2,1-3H3. The van der Waals surface area contributed by atoms with Gasteiger partial charge in [0.25, 0.3) is 5.56 Å². The topological polar surface area (TPSA) is 86.9 Å². The highest BCUT2D eigenvalue weighted by atomic mass is 16.1. The highest BCUT2D eigenvalue weighted by molar-refractivity contribution is 5.77. The van der Waals surface area contributed by atoms with Crippen LogP contribution in [0.1, 0.15) is 25.0 Å². The number of hydrogen-bond acceptors (Lipinski definition) is 4. The van der Waals surface area contributed by atoms with E-state index in [2.05, 4.69) is 4.98 Å². The Kier molecular flexibility index (Phi) is 3.49. The van der Waals surface area contributed by atoms with Gasteiger partial charge < -0.3 is 4.57 Å². The van der Waals surface area contributed by atoms with Crippen LogP contribution in [-0.2, 0) is 6.54 Å². The molecule has 3 aromatic heterocycles. The van der Waals surface area contributed by atoms with Crippen molar-refractivity contribution in [2.24, 2.45) is 5.92 Å². The fourth-order valence-corrected chi connectivity index (χ4v) is 2.67. The Balaban J connectivity index is 2.55. The summed E-state index contributed by atoms with van der Waals surface area (Å²) in [5, 5.41) is 17.9. The van der Waals surface area contributed by atoms with E-state index in [0.717, 1.165) is 5.56 Å². The van der Waals surface area contributed by atoms with Gasteiger partial charge in [-0.25, -0.2) is 4.98 Å². The lowest BCUT2D eigenvalue weighted by molar-refractivity contribution is 0.513. The first-order valence-electron chi connectivity index (χ1n) is 7.43. The minimum Gasteiger partial charge on any atom is -0.309 e. The number of aryl methyl sites for hydroxylation is 1. The number of fused-ring (bicyclic) bond motifs is 2. The smallest absolute Gasteiger partial charge is 0.267 e. The molecule has 0 bridgehead atoms. The molecule has 1 N–H and O–H groups in total. The second-order valence-corrected chi connectivity index (χ2v) is 6.11. The molecule has 0 aliphatic carbocycles. The lowest BCUT2D eigenvalue weighted by atomic mass is 10.2. The number of nitrogens with one attached hydrogen (secondary N) is 1. The Morgan fingerprint density at radius 2 is 2.13 bits per heavy atom. The first-order chi connectivity index (χ1) is 10.9.